The third-order valence-electron chi connectivity index (χ3n) is 2.96. The highest BCUT2D eigenvalue weighted by molar-refractivity contribution is 5.64. The van der Waals surface area contributed by atoms with Crippen LogP contribution in [-0.2, 0) is 18.2 Å². The second-order valence-corrected chi connectivity index (χ2v) is 4.56. The fourth-order valence-corrected chi connectivity index (χ4v) is 1.98. The van der Waals surface area contributed by atoms with Crippen molar-refractivity contribution in [3.05, 3.63) is 5.69 Å². The molecule has 0 bridgehead atoms. The second kappa shape index (κ2) is 7.97. The number of hydrogen-bond donors (Lipinski definition) is 2. The predicted octanol–water partition coefficient (Wildman–Crippen LogP) is 2.18. The lowest BCUT2D eigenvalue weighted by atomic mass is 10.2. The second-order valence-electron chi connectivity index (χ2n) is 4.56. The quantitative estimate of drug-likeness (QED) is 0.663. The van der Waals surface area contributed by atoms with Crippen molar-refractivity contribution in [1.29, 1.82) is 0 Å². The first-order valence-corrected chi connectivity index (χ1v) is 6.74. The number of hydrogen-bond acceptors (Lipinski definition) is 4. The molecule has 1 aromatic rings. The molecule has 18 heavy (non-hydrogen) atoms. The summed E-state index contributed by atoms with van der Waals surface area (Å²) >= 11 is 0. The van der Waals surface area contributed by atoms with Crippen molar-refractivity contribution in [2.45, 2.75) is 39.0 Å². The van der Waals surface area contributed by atoms with Crippen LogP contribution in [0.15, 0.2) is 0 Å². The maximum atomic E-state index is 6.09. The summed E-state index contributed by atoms with van der Waals surface area (Å²) in [5.41, 5.74) is 7.89. The Labute approximate surface area is 110 Å². The highest BCUT2D eigenvalue weighted by Gasteiger charge is 2.11. The summed E-state index contributed by atoms with van der Waals surface area (Å²) < 4.78 is 6.86. The molecule has 1 aromatic heterocycles. The molecule has 0 amide bonds. The Hall–Kier alpha value is -1.23. The van der Waals surface area contributed by atoms with E-state index in [1.807, 2.05) is 11.7 Å². The number of aromatic nitrogens is 2. The van der Waals surface area contributed by atoms with E-state index in [1.54, 1.807) is 7.11 Å². The van der Waals surface area contributed by atoms with Crippen LogP contribution in [0.3, 0.4) is 0 Å². The average Bonchev–Trinajstić information content (AvgIpc) is 2.61. The molecule has 1 rings (SSSR count). The Morgan fingerprint density at radius 2 is 2.11 bits per heavy atom. The van der Waals surface area contributed by atoms with Crippen molar-refractivity contribution < 1.29 is 4.74 Å². The number of nitrogens with two attached hydrogens (primary N) is 1. The Morgan fingerprint density at radius 3 is 2.78 bits per heavy atom. The van der Waals surface area contributed by atoms with Gasteiger partial charge in [-0.05, 0) is 25.7 Å². The number of ether oxygens (including phenoxy) is 1. The molecule has 104 valence electrons. The van der Waals surface area contributed by atoms with Gasteiger partial charge in [0.1, 0.15) is 5.82 Å². The third kappa shape index (κ3) is 4.22. The van der Waals surface area contributed by atoms with Crippen LogP contribution in [0, 0.1) is 0 Å². The van der Waals surface area contributed by atoms with Gasteiger partial charge in [-0.15, -0.1) is 0 Å². The van der Waals surface area contributed by atoms with Gasteiger partial charge in [0.25, 0.3) is 0 Å². The highest BCUT2D eigenvalue weighted by atomic mass is 16.5. The number of nitrogens with one attached hydrogen (secondary N) is 1. The van der Waals surface area contributed by atoms with Gasteiger partial charge in [0.15, 0.2) is 0 Å². The van der Waals surface area contributed by atoms with Gasteiger partial charge >= 0.3 is 0 Å². The van der Waals surface area contributed by atoms with Crippen molar-refractivity contribution in [3.8, 4) is 0 Å². The molecule has 0 aliphatic carbocycles. The van der Waals surface area contributed by atoms with Crippen molar-refractivity contribution in [1.82, 2.24) is 9.78 Å². The van der Waals surface area contributed by atoms with Crippen LogP contribution in [0.1, 0.15) is 38.3 Å². The summed E-state index contributed by atoms with van der Waals surface area (Å²) in [5, 5.41) is 7.81. The van der Waals surface area contributed by atoms with Crippen LogP contribution < -0.4 is 11.1 Å². The summed E-state index contributed by atoms with van der Waals surface area (Å²) in [6.07, 6.45) is 5.41. The van der Waals surface area contributed by atoms with E-state index in [4.69, 9.17) is 10.5 Å². The van der Waals surface area contributed by atoms with Gasteiger partial charge in [-0.1, -0.05) is 13.3 Å². The van der Waals surface area contributed by atoms with E-state index in [1.165, 1.54) is 6.42 Å². The zero-order valence-electron chi connectivity index (χ0n) is 11.8. The van der Waals surface area contributed by atoms with Crippen molar-refractivity contribution >= 4 is 11.5 Å². The van der Waals surface area contributed by atoms with Crippen LogP contribution in [0.2, 0.25) is 0 Å². The molecule has 0 aromatic carbocycles. The molecule has 3 N–H and O–H groups in total. The van der Waals surface area contributed by atoms with Gasteiger partial charge in [0, 0.05) is 27.3 Å². The molecular weight excluding hydrogens is 228 g/mol. The number of nitrogen functional groups attached to an aromatic ring is 1. The van der Waals surface area contributed by atoms with E-state index in [0.29, 0.717) is 0 Å². The SMILES string of the molecule is CCCc1nn(C)c(NCCCCCOC)c1N. The molecule has 0 saturated carbocycles. The van der Waals surface area contributed by atoms with Crippen LogP contribution in [0.25, 0.3) is 0 Å². The Kier molecular flexibility index (Phi) is 6.57. The summed E-state index contributed by atoms with van der Waals surface area (Å²) in [6.45, 7) is 3.91. The van der Waals surface area contributed by atoms with Crippen LogP contribution >= 0.6 is 0 Å². The normalized spacial score (nSPS) is 10.8. The lowest BCUT2D eigenvalue weighted by Crippen LogP contribution is -2.08. The van der Waals surface area contributed by atoms with Gasteiger partial charge in [0.05, 0.1) is 11.4 Å². The van der Waals surface area contributed by atoms with Gasteiger partial charge in [-0.25, -0.2) is 0 Å². The fourth-order valence-electron chi connectivity index (χ4n) is 1.98. The first-order valence-electron chi connectivity index (χ1n) is 6.74. The monoisotopic (exact) mass is 254 g/mol. The predicted molar refractivity (Wildman–Crippen MR) is 75.8 cm³/mol. The van der Waals surface area contributed by atoms with E-state index in [-0.39, 0.29) is 0 Å². The molecule has 0 unspecified atom stereocenters. The summed E-state index contributed by atoms with van der Waals surface area (Å²) in [6, 6.07) is 0. The molecule has 0 atom stereocenters. The summed E-state index contributed by atoms with van der Waals surface area (Å²) in [5.74, 6) is 0.949. The average molecular weight is 254 g/mol. The third-order valence-corrected chi connectivity index (χ3v) is 2.96. The minimum absolute atomic E-state index is 0.802. The highest BCUT2D eigenvalue weighted by Crippen LogP contribution is 2.22. The Balaban J connectivity index is 2.37. The minimum Gasteiger partial charge on any atom is -0.394 e. The van der Waals surface area contributed by atoms with Gasteiger partial charge < -0.3 is 15.8 Å². The zero-order valence-corrected chi connectivity index (χ0v) is 11.8. The fraction of sp³-hybridized carbons (Fsp3) is 0.769. The van der Waals surface area contributed by atoms with E-state index in [0.717, 1.165) is 56.0 Å². The minimum atomic E-state index is 0.802. The largest absolute Gasteiger partial charge is 0.394 e. The molecule has 5 heteroatoms. The molecule has 0 radical (unpaired) electrons. The number of nitrogens with zero attached hydrogens (tertiary/aromatic N) is 2. The molecular formula is C13H26N4O. The molecule has 5 nitrogen and oxygen atoms in total. The number of rotatable bonds is 9. The molecule has 0 aliphatic rings. The van der Waals surface area contributed by atoms with Crippen molar-refractivity contribution in [3.63, 3.8) is 0 Å². The zero-order chi connectivity index (χ0) is 13.4. The van der Waals surface area contributed by atoms with Crippen LogP contribution in [0.4, 0.5) is 11.5 Å². The number of unbranched alkanes of at least 4 members (excludes halogenated alkanes) is 2. The van der Waals surface area contributed by atoms with Gasteiger partial charge in [-0.3, -0.25) is 4.68 Å². The maximum absolute atomic E-state index is 6.09. The molecule has 0 spiro atoms. The summed E-state index contributed by atoms with van der Waals surface area (Å²) in [4.78, 5) is 0. The van der Waals surface area contributed by atoms with Crippen molar-refractivity contribution in [2.75, 3.05) is 31.3 Å². The van der Waals surface area contributed by atoms with E-state index in [2.05, 4.69) is 17.3 Å². The smallest absolute Gasteiger partial charge is 0.147 e. The number of aryl methyl sites for hydroxylation is 2. The molecule has 0 saturated heterocycles. The van der Waals surface area contributed by atoms with E-state index in [9.17, 15) is 0 Å². The Morgan fingerprint density at radius 1 is 1.33 bits per heavy atom. The molecule has 1 heterocycles. The van der Waals surface area contributed by atoms with E-state index >= 15 is 0 Å². The lowest BCUT2D eigenvalue weighted by Gasteiger charge is -2.07. The summed E-state index contributed by atoms with van der Waals surface area (Å²) in [7, 11) is 3.67. The topological polar surface area (TPSA) is 65.1 Å². The van der Waals surface area contributed by atoms with Crippen molar-refractivity contribution in [2.24, 2.45) is 7.05 Å². The maximum Gasteiger partial charge on any atom is 0.147 e. The van der Waals surface area contributed by atoms with Crippen LogP contribution in [0.5, 0.6) is 0 Å². The molecule has 0 fully saturated rings. The van der Waals surface area contributed by atoms with Crippen LogP contribution in [-0.4, -0.2) is 30.0 Å². The number of methoxy groups -OCH3 is 1. The number of anilines is 2. The lowest BCUT2D eigenvalue weighted by molar-refractivity contribution is 0.192. The van der Waals surface area contributed by atoms with Gasteiger partial charge in [-0.2, -0.15) is 5.10 Å². The van der Waals surface area contributed by atoms with E-state index < -0.39 is 0 Å². The molecule has 0 aliphatic heterocycles. The standard InChI is InChI=1S/C13H26N4O/c1-4-8-11-12(14)13(17(2)16-11)15-9-6-5-7-10-18-3/h15H,4-10,14H2,1-3H3. The van der Waals surface area contributed by atoms with Gasteiger partial charge in [0.2, 0.25) is 0 Å². The Bertz CT molecular complexity index is 349. The first-order chi connectivity index (χ1) is 8.70. The first kappa shape index (κ1) is 14.8.